The lowest BCUT2D eigenvalue weighted by Crippen LogP contribution is -2.57. The second kappa shape index (κ2) is 4.99. The molecule has 0 aliphatic carbocycles. The van der Waals surface area contributed by atoms with E-state index < -0.39 is 36.8 Å². The van der Waals surface area contributed by atoms with Gasteiger partial charge >= 0.3 is 6.18 Å². The van der Waals surface area contributed by atoms with Crippen molar-refractivity contribution >= 4 is 17.0 Å². The van der Waals surface area contributed by atoms with Crippen molar-refractivity contribution in [2.75, 3.05) is 12.3 Å². The van der Waals surface area contributed by atoms with Crippen LogP contribution in [0.25, 0.3) is 11.2 Å². The SMILES string of the molecule is Nc1ncnc2c1ncn2[C@@H]1O[C@H](CO)[C@@H](O)[C@]1(O)C(F)(F)F. The molecule has 1 aliphatic heterocycles. The Labute approximate surface area is 126 Å². The minimum absolute atomic E-state index is 0.0163. The van der Waals surface area contributed by atoms with E-state index in [0.717, 1.165) is 17.2 Å². The molecular weight excluding hydrogens is 323 g/mol. The molecule has 12 heteroatoms. The van der Waals surface area contributed by atoms with E-state index in [1.54, 1.807) is 0 Å². The van der Waals surface area contributed by atoms with Crippen molar-refractivity contribution in [3.63, 3.8) is 0 Å². The maximum absolute atomic E-state index is 13.4. The molecule has 23 heavy (non-hydrogen) atoms. The first-order valence-electron chi connectivity index (χ1n) is 6.38. The molecule has 126 valence electrons. The van der Waals surface area contributed by atoms with Crippen LogP contribution in [0, 0.1) is 0 Å². The lowest BCUT2D eigenvalue weighted by Gasteiger charge is -2.33. The smallest absolute Gasteiger partial charge is 0.394 e. The number of halogens is 3. The summed E-state index contributed by atoms with van der Waals surface area (Å²) in [7, 11) is 0. The number of aliphatic hydroxyl groups excluding tert-OH is 2. The van der Waals surface area contributed by atoms with Crippen LogP contribution in [0.1, 0.15) is 6.23 Å². The van der Waals surface area contributed by atoms with Gasteiger partial charge in [-0.2, -0.15) is 13.2 Å². The summed E-state index contributed by atoms with van der Waals surface area (Å²) in [6.45, 7) is -0.917. The molecule has 3 heterocycles. The highest BCUT2D eigenvalue weighted by atomic mass is 19.4. The van der Waals surface area contributed by atoms with Crippen LogP contribution in [0.2, 0.25) is 0 Å². The Hall–Kier alpha value is -2.02. The zero-order chi connectivity index (χ0) is 17.0. The third kappa shape index (κ3) is 2.06. The summed E-state index contributed by atoms with van der Waals surface area (Å²) in [5.41, 5.74) is 1.80. The minimum atomic E-state index is -5.24. The summed E-state index contributed by atoms with van der Waals surface area (Å²) in [5, 5.41) is 29.0. The summed E-state index contributed by atoms with van der Waals surface area (Å²) in [6, 6.07) is 0. The van der Waals surface area contributed by atoms with Gasteiger partial charge in [0.05, 0.1) is 12.9 Å². The highest BCUT2D eigenvalue weighted by Crippen LogP contribution is 2.49. The molecule has 0 spiro atoms. The van der Waals surface area contributed by atoms with E-state index in [0.29, 0.717) is 0 Å². The second-order valence-electron chi connectivity index (χ2n) is 5.06. The van der Waals surface area contributed by atoms with E-state index in [1.165, 1.54) is 0 Å². The van der Waals surface area contributed by atoms with Gasteiger partial charge in [0.25, 0.3) is 0 Å². The zero-order valence-electron chi connectivity index (χ0n) is 11.3. The Balaban J connectivity index is 2.18. The number of anilines is 1. The molecule has 5 N–H and O–H groups in total. The van der Waals surface area contributed by atoms with Crippen molar-refractivity contribution in [2.45, 2.75) is 30.2 Å². The zero-order valence-corrected chi connectivity index (χ0v) is 11.3. The van der Waals surface area contributed by atoms with Crippen LogP contribution in [0.4, 0.5) is 19.0 Å². The van der Waals surface area contributed by atoms with E-state index in [9.17, 15) is 23.4 Å². The van der Waals surface area contributed by atoms with Gasteiger partial charge in [-0.3, -0.25) is 4.57 Å². The molecule has 1 fully saturated rings. The second-order valence-corrected chi connectivity index (χ2v) is 5.06. The minimum Gasteiger partial charge on any atom is -0.394 e. The molecule has 3 rings (SSSR count). The predicted octanol–water partition coefficient (Wildman–Crippen LogP) is -1.05. The number of ether oxygens (including phenoxy) is 1. The van der Waals surface area contributed by atoms with Crippen molar-refractivity contribution in [1.82, 2.24) is 19.5 Å². The highest BCUT2D eigenvalue weighted by molar-refractivity contribution is 5.81. The van der Waals surface area contributed by atoms with Gasteiger partial charge in [0.1, 0.15) is 24.1 Å². The fourth-order valence-corrected chi connectivity index (χ4v) is 2.54. The quantitative estimate of drug-likeness (QED) is 0.545. The molecule has 0 bridgehead atoms. The normalized spacial score (nSPS) is 31.8. The van der Waals surface area contributed by atoms with Gasteiger partial charge in [0.2, 0.25) is 5.60 Å². The molecule has 4 atom stereocenters. The van der Waals surface area contributed by atoms with Gasteiger partial charge in [-0.1, -0.05) is 0 Å². The number of nitrogen functional groups attached to an aromatic ring is 1. The van der Waals surface area contributed by atoms with Crippen molar-refractivity contribution in [1.29, 1.82) is 0 Å². The fraction of sp³-hybridized carbons (Fsp3) is 0.545. The Morgan fingerprint density at radius 1 is 1.35 bits per heavy atom. The molecule has 0 unspecified atom stereocenters. The molecule has 2 aromatic rings. The van der Waals surface area contributed by atoms with Crippen molar-refractivity contribution < 1.29 is 33.2 Å². The number of nitrogens with two attached hydrogens (primary N) is 1. The number of alkyl halides is 3. The summed E-state index contributed by atoms with van der Waals surface area (Å²) < 4.78 is 45.9. The van der Waals surface area contributed by atoms with Crippen molar-refractivity contribution in [3.05, 3.63) is 12.7 Å². The summed E-state index contributed by atoms with van der Waals surface area (Å²) in [6.07, 6.45) is -9.43. The number of hydrogen-bond acceptors (Lipinski definition) is 8. The predicted molar refractivity (Wildman–Crippen MR) is 67.7 cm³/mol. The number of aliphatic hydroxyl groups is 3. The number of aromatic nitrogens is 4. The molecule has 0 amide bonds. The van der Waals surface area contributed by atoms with Crippen LogP contribution in [-0.4, -0.2) is 65.4 Å². The van der Waals surface area contributed by atoms with Gasteiger partial charge in [0.15, 0.2) is 17.7 Å². The topological polar surface area (TPSA) is 140 Å². The maximum atomic E-state index is 13.4. The molecule has 1 aliphatic rings. The first kappa shape index (κ1) is 15.9. The monoisotopic (exact) mass is 335 g/mol. The van der Waals surface area contributed by atoms with Gasteiger partial charge in [-0.25, -0.2) is 15.0 Å². The van der Waals surface area contributed by atoms with Crippen LogP contribution >= 0.6 is 0 Å². The molecule has 0 aromatic carbocycles. The number of hydrogen-bond donors (Lipinski definition) is 4. The Morgan fingerprint density at radius 3 is 2.65 bits per heavy atom. The number of nitrogens with zero attached hydrogens (tertiary/aromatic N) is 4. The lowest BCUT2D eigenvalue weighted by atomic mass is 9.93. The van der Waals surface area contributed by atoms with Crippen molar-refractivity contribution in [3.8, 4) is 0 Å². The van der Waals surface area contributed by atoms with Gasteiger partial charge in [-0.15, -0.1) is 0 Å². The van der Waals surface area contributed by atoms with Gasteiger partial charge < -0.3 is 25.8 Å². The average Bonchev–Trinajstić information content (AvgIpc) is 3.01. The van der Waals surface area contributed by atoms with E-state index >= 15 is 0 Å². The number of rotatable bonds is 2. The average molecular weight is 335 g/mol. The van der Waals surface area contributed by atoms with E-state index in [4.69, 9.17) is 15.6 Å². The highest BCUT2D eigenvalue weighted by Gasteiger charge is 2.70. The Bertz CT molecular complexity index is 738. The Kier molecular flexibility index (Phi) is 3.44. The number of imidazole rings is 1. The van der Waals surface area contributed by atoms with Crippen LogP contribution < -0.4 is 5.73 Å². The van der Waals surface area contributed by atoms with Crippen LogP contribution in [0.5, 0.6) is 0 Å². The summed E-state index contributed by atoms with van der Waals surface area (Å²) >= 11 is 0. The summed E-state index contributed by atoms with van der Waals surface area (Å²) in [5.74, 6) is -0.0680. The van der Waals surface area contributed by atoms with E-state index in [1.807, 2.05) is 0 Å². The molecule has 0 saturated carbocycles. The number of fused-ring (bicyclic) bond motifs is 1. The Morgan fingerprint density at radius 2 is 2.04 bits per heavy atom. The van der Waals surface area contributed by atoms with Crippen molar-refractivity contribution in [2.24, 2.45) is 0 Å². The third-order valence-corrected chi connectivity index (χ3v) is 3.76. The van der Waals surface area contributed by atoms with E-state index in [-0.39, 0.29) is 17.0 Å². The van der Waals surface area contributed by atoms with Crippen LogP contribution in [0.3, 0.4) is 0 Å². The van der Waals surface area contributed by atoms with Gasteiger partial charge in [0, 0.05) is 0 Å². The first-order chi connectivity index (χ1) is 10.7. The van der Waals surface area contributed by atoms with Crippen LogP contribution in [-0.2, 0) is 4.74 Å². The van der Waals surface area contributed by atoms with Gasteiger partial charge in [-0.05, 0) is 0 Å². The summed E-state index contributed by atoms with van der Waals surface area (Å²) in [4.78, 5) is 11.2. The molecule has 2 aromatic heterocycles. The molecular formula is C11H12F3N5O4. The molecule has 9 nitrogen and oxygen atoms in total. The largest absolute Gasteiger partial charge is 0.424 e. The van der Waals surface area contributed by atoms with E-state index in [2.05, 4.69) is 15.0 Å². The molecule has 1 saturated heterocycles. The van der Waals surface area contributed by atoms with Crippen LogP contribution in [0.15, 0.2) is 12.7 Å². The third-order valence-electron chi connectivity index (χ3n) is 3.76. The first-order valence-corrected chi connectivity index (χ1v) is 6.38. The fourth-order valence-electron chi connectivity index (χ4n) is 2.54. The lowest BCUT2D eigenvalue weighted by molar-refractivity contribution is -0.303. The molecule has 0 radical (unpaired) electrons. The maximum Gasteiger partial charge on any atom is 0.424 e. The standard InChI is InChI=1S/C11H12F3N5O4/c12-11(13,14)10(22)6(21)4(1-20)23-9(10)19-3-18-5-7(15)16-2-17-8(5)19/h2-4,6,9,20-22H,1H2,(H2,15,16,17)/t4-,6-,9-,10-/m1/s1.